The van der Waals surface area contributed by atoms with Crippen molar-refractivity contribution < 1.29 is 0 Å². The number of hydrogen-bond acceptors (Lipinski definition) is 1. The lowest BCUT2D eigenvalue weighted by molar-refractivity contribution is 1.14. The Kier molecular flexibility index (Phi) is 6.34. The van der Waals surface area contributed by atoms with Crippen molar-refractivity contribution in [2.75, 3.05) is 0 Å². The molecule has 0 spiro atoms. The molecule has 108 valence electrons. The fourth-order valence-corrected chi connectivity index (χ4v) is 4.55. The largest absolute Gasteiger partial charge is 0.103 e. The number of hydrogen-bond donors (Lipinski definition) is 0. The second-order valence-corrected chi connectivity index (χ2v) is 7.31. The van der Waals surface area contributed by atoms with Crippen LogP contribution in [0, 0.1) is 0 Å². The average molecular weight is 424 g/mol. The van der Waals surface area contributed by atoms with Crippen molar-refractivity contribution in [2.45, 2.75) is 22.6 Å². The second kappa shape index (κ2) is 8.02. The van der Waals surface area contributed by atoms with Crippen LogP contribution in [0.25, 0.3) is 0 Å². The van der Waals surface area contributed by atoms with E-state index >= 15 is 0 Å². The molecule has 2 aromatic carbocycles. The van der Waals surface area contributed by atoms with Crippen molar-refractivity contribution in [2.24, 2.45) is 0 Å². The summed E-state index contributed by atoms with van der Waals surface area (Å²) < 4.78 is 2.26. The molecule has 2 rings (SSSR count). The topological polar surface area (TPSA) is 0 Å². The first-order chi connectivity index (χ1) is 10.2. The molecule has 0 unspecified atom stereocenters. The van der Waals surface area contributed by atoms with E-state index in [-0.39, 0.29) is 0 Å². The van der Waals surface area contributed by atoms with Gasteiger partial charge in [-0.05, 0) is 48.2 Å². The zero-order valence-electron chi connectivity index (χ0n) is 11.6. The van der Waals surface area contributed by atoms with Crippen molar-refractivity contribution in [3.63, 3.8) is 0 Å². The monoisotopic (exact) mass is 422 g/mol. The Bertz CT molecular complexity index is 605. The third-order valence-corrected chi connectivity index (χ3v) is 5.76. The zero-order chi connectivity index (χ0) is 15.2. The van der Waals surface area contributed by atoms with Gasteiger partial charge < -0.3 is 0 Å². The Balaban J connectivity index is 2.43. The molecule has 0 saturated carbocycles. The molecule has 0 aromatic heterocycles. The number of allylic oxidation sites excluding steroid dienone is 2. The van der Waals surface area contributed by atoms with Crippen LogP contribution in [-0.2, 0) is 12.8 Å². The lowest BCUT2D eigenvalue weighted by Crippen LogP contribution is -1.91. The van der Waals surface area contributed by atoms with Gasteiger partial charge in [0.25, 0.3) is 0 Å². The van der Waals surface area contributed by atoms with Gasteiger partial charge in [-0.3, -0.25) is 0 Å². The molecule has 0 fully saturated rings. The van der Waals surface area contributed by atoms with E-state index in [0.29, 0.717) is 0 Å². The first kappa shape index (κ1) is 16.6. The Morgan fingerprint density at radius 3 is 1.62 bits per heavy atom. The van der Waals surface area contributed by atoms with Crippen LogP contribution in [0.3, 0.4) is 0 Å². The van der Waals surface area contributed by atoms with E-state index in [9.17, 15) is 0 Å². The van der Waals surface area contributed by atoms with Crippen LogP contribution in [0.4, 0.5) is 0 Å². The van der Waals surface area contributed by atoms with Crippen LogP contribution in [-0.4, -0.2) is 0 Å². The van der Waals surface area contributed by atoms with Gasteiger partial charge in [0.15, 0.2) is 0 Å². The molecule has 0 bridgehead atoms. The maximum absolute atomic E-state index is 3.86. The van der Waals surface area contributed by atoms with Gasteiger partial charge in [-0.15, -0.1) is 13.2 Å². The molecule has 0 aliphatic carbocycles. The molecule has 0 amide bonds. The molecule has 0 atom stereocenters. The maximum Gasteiger partial charge on any atom is 0.0221 e. The van der Waals surface area contributed by atoms with Gasteiger partial charge in [-0.2, -0.15) is 0 Å². The summed E-state index contributed by atoms with van der Waals surface area (Å²) in [6.45, 7) is 7.71. The maximum atomic E-state index is 3.86. The van der Waals surface area contributed by atoms with E-state index in [1.54, 1.807) is 11.8 Å². The molecular weight excluding hydrogens is 408 g/mol. The molecule has 0 N–H and O–H groups in total. The quantitative estimate of drug-likeness (QED) is 0.459. The van der Waals surface area contributed by atoms with Gasteiger partial charge in [-0.1, -0.05) is 67.9 Å². The van der Waals surface area contributed by atoms with Crippen LogP contribution in [0.15, 0.2) is 80.4 Å². The normalized spacial score (nSPS) is 10.4. The zero-order valence-corrected chi connectivity index (χ0v) is 15.6. The first-order valence-corrected chi connectivity index (χ1v) is 9.02. The Hall–Kier alpha value is -0.770. The Labute approximate surface area is 147 Å². The minimum absolute atomic E-state index is 0.856. The van der Waals surface area contributed by atoms with Crippen LogP contribution < -0.4 is 0 Å². The third kappa shape index (κ3) is 4.12. The average Bonchev–Trinajstić information content (AvgIpc) is 2.46. The molecule has 0 aliphatic rings. The fourth-order valence-electron chi connectivity index (χ4n) is 2.07. The molecular formula is C18H16Br2S. The van der Waals surface area contributed by atoms with E-state index in [1.807, 2.05) is 12.2 Å². The Morgan fingerprint density at radius 1 is 0.810 bits per heavy atom. The van der Waals surface area contributed by atoms with Crippen LogP contribution in [0.2, 0.25) is 0 Å². The summed E-state index contributed by atoms with van der Waals surface area (Å²) in [4.78, 5) is 2.51. The van der Waals surface area contributed by atoms with E-state index in [2.05, 4.69) is 81.4 Å². The van der Waals surface area contributed by atoms with Crippen molar-refractivity contribution in [1.29, 1.82) is 0 Å². The standard InChI is InChI=1S/C18H16Br2S/c1-3-7-13-15(19)9-5-11-17(13)21-18-12-6-10-16(20)14(18)8-4-2/h3-6,9-12H,1-2,7-8H2. The summed E-state index contributed by atoms with van der Waals surface area (Å²) >= 11 is 9.07. The van der Waals surface area contributed by atoms with E-state index in [4.69, 9.17) is 0 Å². The van der Waals surface area contributed by atoms with Gasteiger partial charge in [0.1, 0.15) is 0 Å². The third-order valence-electron chi connectivity index (χ3n) is 3.07. The van der Waals surface area contributed by atoms with Gasteiger partial charge in [0.2, 0.25) is 0 Å². The van der Waals surface area contributed by atoms with E-state index in [0.717, 1.165) is 21.8 Å². The van der Waals surface area contributed by atoms with Gasteiger partial charge >= 0.3 is 0 Å². The summed E-state index contributed by atoms with van der Waals surface area (Å²) in [5.41, 5.74) is 2.56. The predicted molar refractivity (Wildman–Crippen MR) is 100 cm³/mol. The van der Waals surface area contributed by atoms with E-state index < -0.39 is 0 Å². The predicted octanol–water partition coefficient (Wildman–Crippen LogP) is 6.82. The Morgan fingerprint density at radius 2 is 1.24 bits per heavy atom. The molecule has 0 nitrogen and oxygen atoms in total. The highest BCUT2D eigenvalue weighted by Gasteiger charge is 2.11. The van der Waals surface area contributed by atoms with Crippen LogP contribution in [0.1, 0.15) is 11.1 Å². The van der Waals surface area contributed by atoms with Crippen molar-refractivity contribution in [3.8, 4) is 0 Å². The molecule has 0 radical (unpaired) electrons. The molecule has 2 aromatic rings. The SMILES string of the molecule is C=CCc1c(Br)cccc1Sc1cccc(Br)c1CC=C. The van der Waals surface area contributed by atoms with Crippen molar-refractivity contribution in [1.82, 2.24) is 0 Å². The van der Waals surface area contributed by atoms with Crippen molar-refractivity contribution in [3.05, 3.63) is 81.8 Å². The summed E-state index contributed by atoms with van der Waals surface area (Å²) in [6, 6.07) is 12.6. The highest BCUT2D eigenvalue weighted by atomic mass is 79.9. The highest BCUT2D eigenvalue weighted by Crippen LogP contribution is 2.38. The number of benzene rings is 2. The summed E-state index contributed by atoms with van der Waals surface area (Å²) in [6.07, 6.45) is 5.59. The summed E-state index contributed by atoms with van der Waals surface area (Å²) in [5, 5.41) is 0. The first-order valence-electron chi connectivity index (χ1n) is 6.61. The number of halogens is 2. The minimum Gasteiger partial charge on any atom is -0.103 e. The van der Waals surface area contributed by atoms with Crippen LogP contribution in [0.5, 0.6) is 0 Å². The van der Waals surface area contributed by atoms with Gasteiger partial charge in [0, 0.05) is 18.7 Å². The molecule has 3 heteroatoms. The van der Waals surface area contributed by atoms with Gasteiger partial charge in [0.05, 0.1) is 0 Å². The molecule has 0 heterocycles. The molecule has 0 aliphatic heterocycles. The second-order valence-electron chi connectivity index (χ2n) is 4.52. The fraction of sp³-hybridized carbons (Fsp3) is 0.111. The summed E-state index contributed by atoms with van der Waals surface area (Å²) in [5.74, 6) is 0. The minimum atomic E-state index is 0.856. The van der Waals surface area contributed by atoms with Crippen molar-refractivity contribution >= 4 is 43.6 Å². The van der Waals surface area contributed by atoms with E-state index in [1.165, 1.54) is 20.9 Å². The smallest absolute Gasteiger partial charge is 0.0221 e. The molecule has 0 saturated heterocycles. The highest BCUT2D eigenvalue weighted by molar-refractivity contribution is 9.10. The lowest BCUT2D eigenvalue weighted by atomic mass is 10.1. The number of rotatable bonds is 6. The lowest BCUT2D eigenvalue weighted by Gasteiger charge is -2.13. The molecule has 21 heavy (non-hydrogen) atoms. The van der Waals surface area contributed by atoms with Gasteiger partial charge in [-0.25, -0.2) is 0 Å². The van der Waals surface area contributed by atoms with Crippen LogP contribution >= 0.6 is 43.6 Å². The summed E-state index contributed by atoms with van der Waals surface area (Å²) in [7, 11) is 0.